The highest BCUT2D eigenvalue weighted by molar-refractivity contribution is 7.99. The number of rotatable bonds is 6. The summed E-state index contributed by atoms with van der Waals surface area (Å²) in [4.78, 5) is 17.4. The van der Waals surface area contributed by atoms with Gasteiger partial charge in [0.25, 0.3) is 0 Å². The summed E-state index contributed by atoms with van der Waals surface area (Å²) in [6.07, 6.45) is 3.66. The number of amides is 1. The zero-order valence-electron chi connectivity index (χ0n) is 12.5. The first-order valence-electron chi connectivity index (χ1n) is 6.81. The van der Waals surface area contributed by atoms with Crippen molar-refractivity contribution < 1.29 is 4.79 Å². The Morgan fingerprint density at radius 2 is 2.19 bits per heavy atom. The molecule has 0 aliphatic heterocycles. The summed E-state index contributed by atoms with van der Waals surface area (Å²) in [6.45, 7) is 2.56. The maximum absolute atomic E-state index is 12.1. The Morgan fingerprint density at radius 1 is 1.43 bits per heavy atom. The number of hydrogen-bond donors (Lipinski definition) is 2. The van der Waals surface area contributed by atoms with Crippen molar-refractivity contribution >= 4 is 23.4 Å². The van der Waals surface area contributed by atoms with E-state index < -0.39 is 0 Å². The second-order valence-electron chi connectivity index (χ2n) is 4.87. The van der Waals surface area contributed by atoms with Crippen LogP contribution in [0.25, 0.3) is 0 Å². The largest absolute Gasteiger partial charge is 0.329 e. The first-order valence-corrected chi connectivity index (χ1v) is 7.63. The summed E-state index contributed by atoms with van der Waals surface area (Å²) >= 11 is 1.54. The molecule has 2 N–H and O–H groups in total. The first kappa shape index (κ1) is 15.6. The van der Waals surface area contributed by atoms with Gasteiger partial charge in [-0.25, -0.2) is 4.98 Å². The van der Waals surface area contributed by atoms with Crippen LogP contribution in [0.5, 0.6) is 0 Å². The molecule has 112 valence electrons. The van der Waals surface area contributed by atoms with Crippen LogP contribution >= 0.6 is 11.8 Å². The number of nitrogens with zero attached hydrogens (tertiary/aromatic N) is 2. The smallest absolute Gasteiger partial charge is 0.228 e. The minimum Gasteiger partial charge on any atom is -0.329 e. The van der Waals surface area contributed by atoms with Gasteiger partial charge in [0.2, 0.25) is 5.91 Å². The number of hydrogen-bond acceptors (Lipinski definition) is 4. The fraction of sp³-hybridized carbons (Fsp3) is 0.333. The number of carbonyl (C=O) groups excluding carboxylic acids is 1. The van der Waals surface area contributed by atoms with Crippen LogP contribution < -0.4 is 10.6 Å². The minimum absolute atomic E-state index is 0.0113. The first-order chi connectivity index (χ1) is 10.1. The van der Waals surface area contributed by atoms with Crippen molar-refractivity contribution in [2.45, 2.75) is 17.0 Å². The van der Waals surface area contributed by atoms with Crippen LogP contribution in [-0.4, -0.2) is 29.1 Å². The molecule has 6 heteroatoms. The SMILES string of the molecule is CNCC(C)C(=O)Nc1ccccc1Sc1nccn1C. The summed E-state index contributed by atoms with van der Waals surface area (Å²) in [6, 6.07) is 7.77. The molecule has 0 spiro atoms. The molecule has 0 saturated heterocycles. The van der Waals surface area contributed by atoms with Crippen LogP contribution in [-0.2, 0) is 11.8 Å². The maximum Gasteiger partial charge on any atom is 0.228 e. The van der Waals surface area contributed by atoms with Crippen molar-refractivity contribution in [2.24, 2.45) is 13.0 Å². The Labute approximate surface area is 129 Å². The second kappa shape index (κ2) is 7.28. The van der Waals surface area contributed by atoms with Crippen LogP contribution in [0.4, 0.5) is 5.69 Å². The molecule has 2 aromatic rings. The molecule has 5 nitrogen and oxygen atoms in total. The lowest BCUT2D eigenvalue weighted by Crippen LogP contribution is -2.28. The van der Waals surface area contributed by atoms with E-state index in [0.29, 0.717) is 6.54 Å². The normalized spacial score (nSPS) is 12.1. The van der Waals surface area contributed by atoms with Crippen molar-refractivity contribution in [1.29, 1.82) is 0 Å². The Morgan fingerprint density at radius 3 is 2.86 bits per heavy atom. The fourth-order valence-corrected chi connectivity index (χ4v) is 2.75. The predicted molar refractivity (Wildman–Crippen MR) is 85.5 cm³/mol. The van der Waals surface area contributed by atoms with Crippen molar-refractivity contribution in [2.75, 3.05) is 18.9 Å². The van der Waals surface area contributed by atoms with Gasteiger partial charge < -0.3 is 15.2 Å². The van der Waals surface area contributed by atoms with E-state index in [4.69, 9.17) is 0 Å². The van der Waals surface area contributed by atoms with Gasteiger partial charge in [0.1, 0.15) is 0 Å². The molecular weight excluding hydrogens is 284 g/mol. The lowest BCUT2D eigenvalue weighted by atomic mass is 10.1. The zero-order chi connectivity index (χ0) is 15.2. The number of aryl methyl sites for hydroxylation is 1. The highest BCUT2D eigenvalue weighted by atomic mass is 32.2. The van der Waals surface area contributed by atoms with Gasteiger partial charge in [-0.15, -0.1) is 0 Å². The Hall–Kier alpha value is -1.79. The number of benzene rings is 1. The van der Waals surface area contributed by atoms with Gasteiger partial charge >= 0.3 is 0 Å². The fourth-order valence-electron chi connectivity index (χ4n) is 1.86. The van der Waals surface area contributed by atoms with Crippen LogP contribution in [0.3, 0.4) is 0 Å². The molecule has 1 heterocycles. The molecule has 1 amide bonds. The van der Waals surface area contributed by atoms with Gasteiger partial charge in [-0.3, -0.25) is 4.79 Å². The molecular formula is C15H20N4OS. The van der Waals surface area contributed by atoms with Crippen molar-refractivity contribution in [3.05, 3.63) is 36.7 Å². The average Bonchev–Trinajstić information content (AvgIpc) is 2.86. The number of aromatic nitrogens is 2. The van der Waals surface area contributed by atoms with Gasteiger partial charge in [-0.1, -0.05) is 19.1 Å². The topological polar surface area (TPSA) is 59.0 Å². The third kappa shape index (κ3) is 4.09. The minimum atomic E-state index is -0.0822. The van der Waals surface area contributed by atoms with Crippen LogP contribution in [0, 0.1) is 5.92 Å². The molecule has 0 aliphatic rings. The highest BCUT2D eigenvalue weighted by Gasteiger charge is 2.14. The summed E-state index contributed by atoms with van der Waals surface area (Å²) in [5.74, 6) is -0.0709. The number of carbonyl (C=O) groups is 1. The van der Waals surface area contributed by atoms with Crippen molar-refractivity contribution in [3.8, 4) is 0 Å². The molecule has 0 aliphatic carbocycles. The van der Waals surface area contributed by atoms with Gasteiger partial charge in [0, 0.05) is 36.8 Å². The molecule has 1 aromatic heterocycles. The van der Waals surface area contributed by atoms with E-state index in [0.717, 1.165) is 15.7 Å². The van der Waals surface area contributed by atoms with E-state index in [1.807, 2.05) is 56.0 Å². The van der Waals surface area contributed by atoms with Crippen molar-refractivity contribution in [3.63, 3.8) is 0 Å². The van der Waals surface area contributed by atoms with E-state index in [9.17, 15) is 4.79 Å². The van der Waals surface area contributed by atoms with Gasteiger partial charge in [0.05, 0.1) is 5.69 Å². The molecule has 21 heavy (non-hydrogen) atoms. The summed E-state index contributed by atoms with van der Waals surface area (Å²) in [7, 11) is 3.79. The Kier molecular flexibility index (Phi) is 5.41. The van der Waals surface area contributed by atoms with Crippen LogP contribution in [0.2, 0.25) is 0 Å². The summed E-state index contributed by atoms with van der Waals surface area (Å²) in [5.41, 5.74) is 0.818. The number of imidazole rings is 1. The van der Waals surface area contributed by atoms with Gasteiger partial charge in [0.15, 0.2) is 5.16 Å². The molecule has 0 radical (unpaired) electrons. The van der Waals surface area contributed by atoms with E-state index in [2.05, 4.69) is 15.6 Å². The molecule has 0 saturated carbocycles. The third-order valence-electron chi connectivity index (χ3n) is 3.08. The lowest BCUT2D eigenvalue weighted by Gasteiger charge is -2.14. The summed E-state index contributed by atoms with van der Waals surface area (Å²) < 4.78 is 1.95. The molecule has 1 atom stereocenters. The molecule has 1 aromatic carbocycles. The summed E-state index contributed by atoms with van der Waals surface area (Å²) in [5, 5.41) is 6.89. The van der Waals surface area contributed by atoms with Crippen LogP contribution in [0.15, 0.2) is 46.7 Å². The highest BCUT2D eigenvalue weighted by Crippen LogP contribution is 2.32. The molecule has 0 bridgehead atoms. The lowest BCUT2D eigenvalue weighted by molar-refractivity contribution is -0.119. The van der Waals surface area contributed by atoms with Gasteiger partial charge in [-0.2, -0.15) is 0 Å². The average molecular weight is 304 g/mol. The molecule has 0 fully saturated rings. The monoisotopic (exact) mass is 304 g/mol. The predicted octanol–water partition coefficient (Wildman–Crippen LogP) is 2.37. The van der Waals surface area contributed by atoms with E-state index in [1.54, 1.807) is 6.20 Å². The van der Waals surface area contributed by atoms with Crippen molar-refractivity contribution in [1.82, 2.24) is 14.9 Å². The quantitative estimate of drug-likeness (QED) is 0.860. The standard InChI is InChI=1S/C15H20N4OS/c1-11(10-16-2)14(20)18-12-6-4-5-7-13(12)21-15-17-8-9-19(15)3/h4-9,11,16H,10H2,1-3H3,(H,18,20). The molecule has 1 unspecified atom stereocenters. The Balaban J connectivity index is 2.14. The van der Waals surface area contributed by atoms with Crippen LogP contribution in [0.1, 0.15) is 6.92 Å². The van der Waals surface area contributed by atoms with E-state index in [1.165, 1.54) is 11.8 Å². The maximum atomic E-state index is 12.1. The second-order valence-corrected chi connectivity index (χ2v) is 5.88. The molecule has 2 rings (SSSR count). The number of para-hydroxylation sites is 1. The number of nitrogens with one attached hydrogen (secondary N) is 2. The zero-order valence-corrected chi connectivity index (χ0v) is 13.3. The van der Waals surface area contributed by atoms with E-state index >= 15 is 0 Å². The van der Waals surface area contributed by atoms with Gasteiger partial charge in [-0.05, 0) is 30.9 Å². The number of anilines is 1. The Bertz CT molecular complexity index is 611. The third-order valence-corrected chi connectivity index (χ3v) is 4.23. The van der Waals surface area contributed by atoms with E-state index in [-0.39, 0.29) is 11.8 Å².